The number of primary amides is 1. The van der Waals surface area contributed by atoms with Crippen LogP contribution in [0.3, 0.4) is 0 Å². The maximum absolute atomic E-state index is 12.1. The van der Waals surface area contributed by atoms with Crippen molar-refractivity contribution in [3.05, 3.63) is 45.3 Å². The van der Waals surface area contributed by atoms with Gasteiger partial charge in [-0.15, -0.1) is 11.3 Å². The maximum Gasteiger partial charge on any atom is 0.324 e. The molecule has 0 aliphatic carbocycles. The number of nitrogens with one attached hydrogen (secondary N) is 2. The Morgan fingerprint density at radius 2 is 1.96 bits per heavy atom. The van der Waals surface area contributed by atoms with Gasteiger partial charge < -0.3 is 15.8 Å². The van der Waals surface area contributed by atoms with Gasteiger partial charge in [0.2, 0.25) is 0 Å². The summed E-state index contributed by atoms with van der Waals surface area (Å²) < 4.78 is 5.37. The van der Waals surface area contributed by atoms with Crippen molar-refractivity contribution >= 4 is 45.6 Å². The fourth-order valence-corrected chi connectivity index (χ4v) is 3.69. The molecule has 23 heavy (non-hydrogen) atoms. The van der Waals surface area contributed by atoms with Crippen molar-refractivity contribution in [1.82, 2.24) is 0 Å². The Labute approximate surface area is 141 Å². The normalized spacial score (nSPS) is 13.3. The number of halogens is 1. The first-order valence-electron chi connectivity index (χ1n) is 6.90. The Balaban J connectivity index is 1.79. The number of urea groups is 1. The molecule has 1 aliphatic rings. The molecule has 0 spiro atoms. The lowest BCUT2D eigenvalue weighted by Gasteiger charge is -2.12. The summed E-state index contributed by atoms with van der Waals surface area (Å²) in [6.07, 6.45) is 0.616. The summed E-state index contributed by atoms with van der Waals surface area (Å²) in [5.41, 5.74) is 7.31. The molecule has 0 saturated heterocycles. The van der Waals surface area contributed by atoms with Gasteiger partial charge in [-0.1, -0.05) is 11.6 Å². The first-order valence-corrected chi connectivity index (χ1v) is 8.09. The number of amides is 3. The number of thiophene rings is 1. The van der Waals surface area contributed by atoms with Crippen LogP contribution < -0.4 is 16.4 Å². The van der Waals surface area contributed by atoms with E-state index in [2.05, 4.69) is 10.6 Å². The van der Waals surface area contributed by atoms with Gasteiger partial charge >= 0.3 is 6.03 Å². The Hall–Kier alpha value is -2.09. The summed E-state index contributed by atoms with van der Waals surface area (Å²) in [7, 11) is 0. The molecule has 0 saturated carbocycles. The van der Waals surface area contributed by atoms with Gasteiger partial charge in [0.05, 0.1) is 18.8 Å². The van der Waals surface area contributed by atoms with Crippen LogP contribution in [0.15, 0.2) is 24.3 Å². The summed E-state index contributed by atoms with van der Waals surface area (Å²) in [6.45, 7) is 0.973. The molecule has 6 nitrogen and oxygen atoms in total. The molecule has 8 heteroatoms. The number of hydrogen-bond acceptors (Lipinski definition) is 4. The minimum atomic E-state index is -0.550. The summed E-state index contributed by atoms with van der Waals surface area (Å²) in [5.74, 6) is -0.550. The van der Waals surface area contributed by atoms with Crippen LogP contribution >= 0.6 is 22.9 Å². The molecule has 1 aliphatic heterocycles. The van der Waals surface area contributed by atoms with E-state index in [0.717, 1.165) is 10.4 Å². The summed E-state index contributed by atoms with van der Waals surface area (Å²) in [6, 6.07) is 6.27. The van der Waals surface area contributed by atoms with Crippen LogP contribution in [0.5, 0.6) is 0 Å². The van der Waals surface area contributed by atoms with Crippen LogP contribution in [0.2, 0.25) is 5.02 Å². The fourth-order valence-electron chi connectivity index (χ4n) is 2.38. The molecule has 3 rings (SSSR count). The molecule has 2 aromatic rings. The Morgan fingerprint density at radius 3 is 2.65 bits per heavy atom. The van der Waals surface area contributed by atoms with E-state index in [1.165, 1.54) is 11.3 Å². The monoisotopic (exact) mass is 351 g/mol. The molecule has 1 aromatic carbocycles. The van der Waals surface area contributed by atoms with Crippen molar-refractivity contribution in [3.8, 4) is 0 Å². The third kappa shape index (κ3) is 3.47. The highest BCUT2D eigenvalue weighted by molar-refractivity contribution is 7.17. The lowest BCUT2D eigenvalue weighted by Crippen LogP contribution is -2.22. The van der Waals surface area contributed by atoms with E-state index in [4.69, 9.17) is 22.1 Å². The topological polar surface area (TPSA) is 93.5 Å². The van der Waals surface area contributed by atoms with E-state index < -0.39 is 11.9 Å². The highest BCUT2D eigenvalue weighted by Gasteiger charge is 2.25. The van der Waals surface area contributed by atoms with Crippen molar-refractivity contribution in [1.29, 1.82) is 0 Å². The Bertz CT molecular complexity index is 758. The molecule has 2 heterocycles. The van der Waals surface area contributed by atoms with E-state index >= 15 is 0 Å². The van der Waals surface area contributed by atoms with Gasteiger partial charge in [0, 0.05) is 15.6 Å². The minimum absolute atomic E-state index is 0.375. The maximum atomic E-state index is 12.1. The lowest BCUT2D eigenvalue weighted by atomic mass is 10.1. The zero-order chi connectivity index (χ0) is 16.4. The number of rotatable bonds is 3. The Morgan fingerprint density at radius 1 is 1.22 bits per heavy atom. The zero-order valence-electron chi connectivity index (χ0n) is 12.0. The number of carbonyl (C=O) groups is 2. The van der Waals surface area contributed by atoms with E-state index in [-0.39, 0.29) is 0 Å². The number of ether oxygens (including phenoxy) is 1. The molecule has 0 radical (unpaired) electrons. The predicted octanol–water partition coefficient (Wildman–Crippen LogP) is 3.22. The largest absolute Gasteiger partial charge is 0.376 e. The van der Waals surface area contributed by atoms with Gasteiger partial charge in [-0.05, 0) is 36.2 Å². The molecular formula is C15H14ClN3O3S. The van der Waals surface area contributed by atoms with Crippen LogP contribution in [0.25, 0.3) is 0 Å². The second-order valence-electron chi connectivity index (χ2n) is 4.96. The van der Waals surface area contributed by atoms with E-state index in [0.29, 0.717) is 40.9 Å². The summed E-state index contributed by atoms with van der Waals surface area (Å²) in [4.78, 5) is 24.8. The van der Waals surface area contributed by atoms with Gasteiger partial charge in [0.25, 0.3) is 5.91 Å². The van der Waals surface area contributed by atoms with E-state index in [1.54, 1.807) is 24.3 Å². The van der Waals surface area contributed by atoms with Crippen molar-refractivity contribution < 1.29 is 14.3 Å². The van der Waals surface area contributed by atoms with Crippen molar-refractivity contribution in [2.75, 3.05) is 17.2 Å². The molecule has 120 valence electrons. The minimum Gasteiger partial charge on any atom is -0.376 e. The van der Waals surface area contributed by atoms with E-state index in [1.807, 2.05) is 0 Å². The lowest BCUT2D eigenvalue weighted by molar-refractivity contribution is 0.0991. The van der Waals surface area contributed by atoms with Crippen LogP contribution in [-0.2, 0) is 17.8 Å². The van der Waals surface area contributed by atoms with Crippen molar-refractivity contribution in [2.45, 2.75) is 13.0 Å². The molecular weight excluding hydrogens is 338 g/mol. The van der Waals surface area contributed by atoms with Crippen LogP contribution in [0, 0.1) is 0 Å². The summed E-state index contributed by atoms with van der Waals surface area (Å²) >= 11 is 7.11. The predicted molar refractivity (Wildman–Crippen MR) is 90.3 cm³/mol. The molecule has 1 aromatic heterocycles. The highest BCUT2D eigenvalue weighted by Crippen LogP contribution is 2.36. The van der Waals surface area contributed by atoms with Gasteiger partial charge in [-0.3, -0.25) is 10.1 Å². The SMILES string of the molecule is NC(=O)c1c(NC(=O)Nc2ccc(Cl)cc2)sc2c1CCOC2. The summed E-state index contributed by atoms with van der Waals surface area (Å²) in [5, 5.41) is 6.40. The van der Waals surface area contributed by atoms with Gasteiger partial charge in [0.15, 0.2) is 0 Å². The molecule has 0 atom stereocenters. The number of carbonyl (C=O) groups excluding carboxylic acids is 2. The number of anilines is 2. The smallest absolute Gasteiger partial charge is 0.324 e. The second-order valence-corrected chi connectivity index (χ2v) is 6.50. The number of hydrogen-bond donors (Lipinski definition) is 3. The Kier molecular flexibility index (Phi) is 4.51. The average Bonchev–Trinajstić information content (AvgIpc) is 2.87. The second kappa shape index (κ2) is 6.57. The number of fused-ring (bicyclic) bond motifs is 1. The first-order chi connectivity index (χ1) is 11.0. The quantitative estimate of drug-likeness (QED) is 0.792. The van der Waals surface area contributed by atoms with Crippen molar-refractivity contribution in [2.24, 2.45) is 5.73 Å². The zero-order valence-corrected chi connectivity index (χ0v) is 13.6. The average molecular weight is 352 g/mol. The third-order valence-electron chi connectivity index (χ3n) is 3.40. The van der Waals surface area contributed by atoms with Crippen LogP contribution in [0.1, 0.15) is 20.8 Å². The fraction of sp³-hybridized carbons (Fsp3) is 0.200. The third-order valence-corrected chi connectivity index (χ3v) is 4.77. The molecule has 4 N–H and O–H groups in total. The number of benzene rings is 1. The molecule has 0 bridgehead atoms. The standard InChI is InChI=1S/C15H14ClN3O3S/c16-8-1-3-9(4-2-8)18-15(21)19-14-12(13(17)20)10-5-6-22-7-11(10)23-14/h1-4H,5-7H2,(H2,17,20)(H2,18,19,21). The molecule has 0 fully saturated rings. The van der Waals surface area contributed by atoms with E-state index in [9.17, 15) is 9.59 Å². The molecule has 0 unspecified atom stereocenters. The first kappa shape index (κ1) is 15.8. The highest BCUT2D eigenvalue weighted by atomic mass is 35.5. The van der Waals surface area contributed by atoms with Gasteiger partial charge in [-0.25, -0.2) is 4.79 Å². The van der Waals surface area contributed by atoms with Gasteiger partial charge in [0.1, 0.15) is 5.00 Å². The van der Waals surface area contributed by atoms with Gasteiger partial charge in [-0.2, -0.15) is 0 Å². The number of nitrogens with two attached hydrogens (primary N) is 1. The van der Waals surface area contributed by atoms with Crippen LogP contribution in [-0.4, -0.2) is 18.5 Å². The molecule has 3 amide bonds. The van der Waals surface area contributed by atoms with Crippen molar-refractivity contribution in [3.63, 3.8) is 0 Å². The van der Waals surface area contributed by atoms with Crippen LogP contribution in [0.4, 0.5) is 15.5 Å².